The molecule has 1 amide bonds. The lowest BCUT2D eigenvalue weighted by atomic mass is 10.00. The van der Waals surface area contributed by atoms with Crippen LogP contribution < -0.4 is 9.64 Å². The summed E-state index contributed by atoms with van der Waals surface area (Å²) < 4.78 is 7.52. The Bertz CT molecular complexity index is 1230. The highest BCUT2D eigenvalue weighted by Gasteiger charge is 2.28. The van der Waals surface area contributed by atoms with Crippen LogP contribution in [0, 0.1) is 6.92 Å². The number of aryl methyl sites for hydroxylation is 1. The van der Waals surface area contributed by atoms with Crippen LogP contribution in [0.4, 0.5) is 5.69 Å². The fourth-order valence-electron chi connectivity index (χ4n) is 5.47. The summed E-state index contributed by atoms with van der Waals surface area (Å²) in [5, 5.41) is 16.0. The third kappa shape index (κ3) is 5.50. The number of aliphatic hydroxyl groups excluding tert-OH is 1. The zero-order chi connectivity index (χ0) is 25.9. The van der Waals surface area contributed by atoms with Gasteiger partial charge in [-0.2, -0.15) is 5.10 Å². The number of nitrogens with zero attached hydrogens (tertiary/aromatic N) is 5. The number of ether oxygens (including phenoxy) is 1. The minimum atomic E-state index is -0.529. The van der Waals surface area contributed by atoms with E-state index in [-0.39, 0.29) is 5.91 Å². The molecule has 0 aliphatic carbocycles. The number of methoxy groups -OCH3 is 1. The van der Waals surface area contributed by atoms with Crippen LogP contribution in [-0.2, 0) is 24.3 Å². The van der Waals surface area contributed by atoms with Crippen LogP contribution in [0.15, 0.2) is 48.5 Å². The SMILES string of the molecule is COc1ccccc1N1CCN(CC(O)Cn2nc(-c3ccc(C)cc3)c3c2CCN(C(C)=O)C3)CC1. The van der Waals surface area contributed by atoms with Crippen molar-refractivity contribution < 1.29 is 14.6 Å². The number of piperazine rings is 1. The predicted molar refractivity (Wildman–Crippen MR) is 145 cm³/mol. The van der Waals surface area contributed by atoms with Gasteiger partial charge in [0.15, 0.2) is 0 Å². The topological polar surface area (TPSA) is 74.1 Å². The van der Waals surface area contributed by atoms with Gasteiger partial charge in [-0.25, -0.2) is 0 Å². The maximum Gasteiger partial charge on any atom is 0.219 e. The molecule has 37 heavy (non-hydrogen) atoms. The van der Waals surface area contributed by atoms with Gasteiger partial charge in [0.05, 0.1) is 31.1 Å². The van der Waals surface area contributed by atoms with Crippen molar-refractivity contribution in [2.75, 3.05) is 51.3 Å². The number of fused-ring (bicyclic) bond motifs is 1. The maximum absolute atomic E-state index is 12.1. The van der Waals surface area contributed by atoms with Crippen LogP contribution in [-0.4, -0.2) is 83.1 Å². The molecule has 2 aromatic carbocycles. The first-order valence-electron chi connectivity index (χ1n) is 13.1. The van der Waals surface area contributed by atoms with Crippen molar-refractivity contribution in [2.45, 2.75) is 39.5 Å². The van der Waals surface area contributed by atoms with Gasteiger partial charge in [-0.15, -0.1) is 0 Å². The van der Waals surface area contributed by atoms with Crippen LogP contribution >= 0.6 is 0 Å². The maximum atomic E-state index is 12.1. The van der Waals surface area contributed by atoms with Crippen LogP contribution in [0.5, 0.6) is 5.75 Å². The summed E-state index contributed by atoms with van der Waals surface area (Å²) >= 11 is 0. The summed E-state index contributed by atoms with van der Waals surface area (Å²) in [5.74, 6) is 0.979. The first-order valence-corrected chi connectivity index (χ1v) is 13.1. The van der Waals surface area contributed by atoms with E-state index in [0.29, 0.717) is 26.2 Å². The van der Waals surface area contributed by atoms with E-state index in [1.807, 2.05) is 27.8 Å². The number of para-hydroxylation sites is 2. The Hall–Kier alpha value is -3.36. The summed E-state index contributed by atoms with van der Waals surface area (Å²) in [7, 11) is 1.71. The average molecular weight is 504 g/mol. The highest BCUT2D eigenvalue weighted by Crippen LogP contribution is 2.31. The Morgan fingerprint density at radius 1 is 1.03 bits per heavy atom. The van der Waals surface area contributed by atoms with E-state index in [1.165, 1.54) is 5.56 Å². The molecule has 5 rings (SSSR count). The van der Waals surface area contributed by atoms with Gasteiger partial charge >= 0.3 is 0 Å². The van der Waals surface area contributed by atoms with Gasteiger partial charge in [0.1, 0.15) is 5.75 Å². The molecule has 1 unspecified atom stereocenters. The molecule has 3 aromatic rings. The molecule has 1 N–H and O–H groups in total. The molecule has 196 valence electrons. The number of hydrogen-bond acceptors (Lipinski definition) is 6. The van der Waals surface area contributed by atoms with Gasteiger partial charge in [-0.05, 0) is 19.1 Å². The number of anilines is 1. The molecule has 1 aromatic heterocycles. The number of hydrogen-bond donors (Lipinski definition) is 1. The number of β-amino-alcohol motifs (C(OH)–C–C–N with tert-alkyl or cyclic N) is 1. The van der Waals surface area contributed by atoms with Crippen molar-refractivity contribution in [1.82, 2.24) is 19.6 Å². The van der Waals surface area contributed by atoms with E-state index >= 15 is 0 Å². The molecule has 2 aliphatic rings. The zero-order valence-corrected chi connectivity index (χ0v) is 22.1. The van der Waals surface area contributed by atoms with Crippen molar-refractivity contribution in [3.05, 3.63) is 65.4 Å². The largest absolute Gasteiger partial charge is 0.495 e. The fraction of sp³-hybridized carbons (Fsp3) is 0.448. The molecule has 1 fully saturated rings. The fourth-order valence-corrected chi connectivity index (χ4v) is 5.47. The molecule has 1 atom stereocenters. The van der Waals surface area contributed by atoms with Crippen molar-refractivity contribution in [3.63, 3.8) is 0 Å². The molecular formula is C29H37N5O3. The highest BCUT2D eigenvalue weighted by atomic mass is 16.5. The Morgan fingerprint density at radius 2 is 1.76 bits per heavy atom. The van der Waals surface area contributed by atoms with E-state index in [4.69, 9.17) is 9.84 Å². The van der Waals surface area contributed by atoms with Gasteiger partial charge in [0.2, 0.25) is 5.91 Å². The van der Waals surface area contributed by atoms with E-state index in [0.717, 1.165) is 66.6 Å². The minimum Gasteiger partial charge on any atom is -0.495 e. The molecule has 3 heterocycles. The molecule has 0 saturated carbocycles. The number of carbonyl (C=O) groups excluding carboxylic acids is 1. The van der Waals surface area contributed by atoms with Gasteiger partial charge in [0.25, 0.3) is 0 Å². The quantitative estimate of drug-likeness (QED) is 0.535. The monoisotopic (exact) mass is 503 g/mol. The van der Waals surface area contributed by atoms with Crippen molar-refractivity contribution in [1.29, 1.82) is 0 Å². The van der Waals surface area contributed by atoms with Crippen molar-refractivity contribution in [3.8, 4) is 17.0 Å². The number of rotatable bonds is 7. The standard InChI is InChI=1S/C29H37N5O3/c1-21-8-10-23(11-9-21)29-25-20-33(22(2)35)13-12-26(25)34(30-29)19-24(36)18-31-14-16-32(17-15-31)27-6-4-5-7-28(27)37-3/h4-11,24,36H,12-20H2,1-3H3. The molecular weight excluding hydrogens is 466 g/mol. The smallest absolute Gasteiger partial charge is 0.219 e. The minimum absolute atomic E-state index is 0.0838. The van der Waals surface area contributed by atoms with Gasteiger partial charge < -0.3 is 19.6 Å². The predicted octanol–water partition coefficient (Wildman–Crippen LogP) is 2.95. The highest BCUT2D eigenvalue weighted by molar-refractivity contribution is 5.74. The van der Waals surface area contributed by atoms with Gasteiger partial charge in [0, 0.05) is 76.0 Å². The van der Waals surface area contributed by atoms with E-state index in [1.54, 1.807) is 14.0 Å². The number of benzene rings is 2. The lowest BCUT2D eigenvalue weighted by Gasteiger charge is -2.37. The first kappa shape index (κ1) is 25.3. The molecule has 1 saturated heterocycles. The normalized spacial score (nSPS) is 17.0. The van der Waals surface area contributed by atoms with E-state index < -0.39 is 6.10 Å². The molecule has 0 bridgehead atoms. The molecule has 2 aliphatic heterocycles. The number of aliphatic hydroxyl groups is 1. The third-order valence-corrected chi connectivity index (χ3v) is 7.56. The van der Waals surface area contributed by atoms with Crippen LogP contribution in [0.3, 0.4) is 0 Å². The Kier molecular flexibility index (Phi) is 7.48. The van der Waals surface area contributed by atoms with Crippen molar-refractivity contribution >= 4 is 11.6 Å². The number of aromatic nitrogens is 2. The molecule has 0 spiro atoms. The Balaban J connectivity index is 1.27. The van der Waals surface area contributed by atoms with Gasteiger partial charge in [-0.1, -0.05) is 42.0 Å². The molecule has 0 radical (unpaired) electrons. The number of amides is 1. The van der Waals surface area contributed by atoms with Gasteiger partial charge in [-0.3, -0.25) is 14.4 Å². The second-order valence-corrected chi connectivity index (χ2v) is 10.1. The second kappa shape index (κ2) is 10.9. The average Bonchev–Trinajstić information content (AvgIpc) is 3.26. The summed E-state index contributed by atoms with van der Waals surface area (Å²) in [4.78, 5) is 18.6. The molecule has 8 heteroatoms. The van der Waals surface area contributed by atoms with Crippen LogP contribution in [0.2, 0.25) is 0 Å². The lowest BCUT2D eigenvalue weighted by molar-refractivity contribution is -0.129. The van der Waals surface area contributed by atoms with E-state index in [2.05, 4.69) is 47.1 Å². The van der Waals surface area contributed by atoms with Crippen LogP contribution in [0.1, 0.15) is 23.7 Å². The Morgan fingerprint density at radius 3 is 2.46 bits per heavy atom. The summed E-state index contributed by atoms with van der Waals surface area (Å²) in [5.41, 5.74) is 6.52. The lowest BCUT2D eigenvalue weighted by Crippen LogP contribution is -2.49. The zero-order valence-electron chi connectivity index (χ0n) is 22.1. The van der Waals surface area contributed by atoms with Crippen LogP contribution in [0.25, 0.3) is 11.3 Å². The third-order valence-electron chi connectivity index (χ3n) is 7.56. The molecule has 8 nitrogen and oxygen atoms in total. The number of carbonyl (C=O) groups is 1. The summed E-state index contributed by atoms with van der Waals surface area (Å²) in [6.45, 7) is 9.54. The second-order valence-electron chi connectivity index (χ2n) is 10.1. The summed E-state index contributed by atoms with van der Waals surface area (Å²) in [6, 6.07) is 16.5. The van der Waals surface area contributed by atoms with E-state index in [9.17, 15) is 9.90 Å². The Labute approximate surface area is 219 Å². The van der Waals surface area contributed by atoms with Crippen molar-refractivity contribution in [2.24, 2.45) is 0 Å². The first-order chi connectivity index (χ1) is 17.9. The summed E-state index contributed by atoms with van der Waals surface area (Å²) in [6.07, 6.45) is 0.219.